The fraction of sp³-hybridized carbons (Fsp3) is 0.417. The molecule has 0 aromatic heterocycles. The highest BCUT2D eigenvalue weighted by atomic mass is 35.5. The summed E-state index contributed by atoms with van der Waals surface area (Å²) in [6.07, 6.45) is 5.57. The van der Waals surface area contributed by atoms with Crippen molar-refractivity contribution in [1.29, 1.82) is 0 Å². The Labute approximate surface area is 188 Å². The van der Waals surface area contributed by atoms with Crippen LogP contribution in [0.3, 0.4) is 0 Å². The number of carbonyl (C=O) groups excluding carboxylic acids is 2. The highest BCUT2D eigenvalue weighted by Gasteiger charge is 2.28. The highest BCUT2D eigenvalue weighted by molar-refractivity contribution is 8.00. The van der Waals surface area contributed by atoms with E-state index in [0.717, 1.165) is 36.1 Å². The number of halogens is 1. The maximum atomic E-state index is 13.1. The summed E-state index contributed by atoms with van der Waals surface area (Å²) in [7, 11) is 0. The molecule has 1 N–H and O–H groups in total. The number of benzene rings is 2. The van der Waals surface area contributed by atoms with Crippen LogP contribution >= 0.6 is 23.4 Å². The zero-order valence-corrected chi connectivity index (χ0v) is 18.9. The molecule has 1 unspecified atom stereocenters. The van der Waals surface area contributed by atoms with Gasteiger partial charge in [-0.1, -0.05) is 61.2 Å². The van der Waals surface area contributed by atoms with E-state index in [1.807, 2.05) is 61.5 Å². The zero-order chi connectivity index (χ0) is 21.3. The molecule has 1 aliphatic rings. The minimum atomic E-state index is -0.546. The number of nitrogens with one attached hydrogen (secondary N) is 1. The van der Waals surface area contributed by atoms with Crippen LogP contribution in [0, 0.1) is 0 Å². The van der Waals surface area contributed by atoms with Crippen LogP contribution in [0.2, 0.25) is 5.02 Å². The van der Waals surface area contributed by atoms with Crippen molar-refractivity contribution in [3.63, 3.8) is 0 Å². The molecule has 0 bridgehead atoms. The van der Waals surface area contributed by atoms with Crippen molar-refractivity contribution in [2.75, 3.05) is 5.75 Å². The lowest BCUT2D eigenvalue weighted by molar-refractivity contribution is -0.139. The summed E-state index contributed by atoms with van der Waals surface area (Å²) in [6.45, 7) is 2.17. The van der Waals surface area contributed by atoms with Gasteiger partial charge in [-0.3, -0.25) is 9.59 Å². The number of thioether (sulfide) groups is 1. The lowest BCUT2D eigenvalue weighted by atomic mass is 9.95. The van der Waals surface area contributed by atoms with Gasteiger partial charge in [0.25, 0.3) is 0 Å². The van der Waals surface area contributed by atoms with Gasteiger partial charge in [-0.2, -0.15) is 0 Å². The van der Waals surface area contributed by atoms with Crippen molar-refractivity contribution in [2.45, 2.75) is 62.6 Å². The molecule has 0 heterocycles. The van der Waals surface area contributed by atoms with Crippen molar-refractivity contribution in [3.05, 3.63) is 65.2 Å². The summed E-state index contributed by atoms with van der Waals surface area (Å²) in [5, 5.41) is 3.78. The van der Waals surface area contributed by atoms with Crippen LogP contribution in [0.5, 0.6) is 0 Å². The van der Waals surface area contributed by atoms with E-state index in [-0.39, 0.29) is 23.6 Å². The Morgan fingerprint density at radius 2 is 1.83 bits per heavy atom. The first-order valence-electron chi connectivity index (χ1n) is 10.5. The molecule has 1 atom stereocenters. The third-order valence-corrected chi connectivity index (χ3v) is 6.70. The van der Waals surface area contributed by atoms with E-state index >= 15 is 0 Å². The Bertz CT molecular complexity index is 840. The summed E-state index contributed by atoms with van der Waals surface area (Å²) in [6, 6.07) is 17.0. The van der Waals surface area contributed by atoms with Gasteiger partial charge in [-0.25, -0.2) is 0 Å². The van der Waals surface area contributed by atoms with Crippen LogP contribution < -0.4 is 5.32 Å². The van der Waals surface area contributed by atoms with Crippen LogP contribution in [0.25, 0.3) is 0 Å². The Hall–Kier alpha value is -1.98. The topological polar surface area (TPSA) is 49.4 Å². The van der Waals surface area contributed by atoms with E-state index in [9.17, 15) is 9.59 Å². The van der Waals surface area contributed by atoms with Gasteiger partial charge in [-0.05, 0) is 49.6 Å². The largest absolute Gasteiger partial charge is 0.352 e. The lowest BCUT2D eigenvalue weighted by Gasteiger charge is -2.31. The van der Waals surface area contributed by atoms with Crippen LogP contribution in [0.1, 0.15) is 44.6 Å². The average Bonchev–Trinajstić information content (AvgIpc) is 2.77. The third-order valence-electron chi connectivity index (χ3n) is 5.47. The predicted octanol–water partition coefficient (Wildman–Crippen LogP) is 5.30. The minimum absolute atomic E-state index is 0.0601. The number of amides is 2. The number of carbonyl (C=O) groups is 2. The number of hydrogen-bond acceptors (Lipinski definition) is 3. The molecule has 0 aliphatic heterocycles. The fourth-order valence-corrected chi connectivity index (χ4v) is 4.75. The molecular formula is C24H29ClN2O2S. The van der Waals surface area contributed by atoms with E-state index in [2.05, 4.69) is 5.32 Å². The van der Waals surface area contributed by atoms with Gasteiger partial charge >= 0.3 is 0 Å². The Kier molecular flexibility index (Phi) is 8.64. The maximum absolute atomic E-state index is 13.1. The van der Waals surface area contributed by atoms with Crippen molar-refractivity contribution in [2.24, 2.45) is 0 Å². The summed E-state index contributed by atoms with van der Waals surface area (Å²) in [5.41, 5.74) is 0.915. The van der Waals surface area contributed by atoms with Gasteiger partial charge in [0.15, 0.2) is 0 Å². The monoisotopic (exact) mass is 444 g/mol. The first-order valence-corrected chi connectivity index (χ1v) is 11.9. The maximum Gasteiger partial charge on any atom is 0.242 e. The van der Waals surface area contributed by atoms with E-state index in [1.54, 1.807) is 4.90 Å². The van der Waals surface area contributed by atoms with Gasteiger partial charge in [0, 0.05) is 22.5 Å². The van der Waals surface area contributed by atoms with Crippen LogP contribution in [-0.2, 0) is 16.1 Å². The van der Waals surface area contributed by atoms with Crippen LogP contribution in [0.15, 0.2) is 59.5 Å². The first-order chi connectivity index (χ1) is 14.5. The van der Waals surface area contributed by atoms with Crippen molar-refractivity contribution >= 4 is 35.2 Å². The molecule has 4 nitrogen and oxygen atoms in total. The minimum Gasteiger partial charge on any atom is -0.352 e. The van der Waals surface area contributed by atoms with Gasteiger partial charge in [0.1, 0.15) is 6.04 Å². The van der Waals surface area contributed by atoms with Crippen LogP contribution in [0.4, 0.5) is 0 Å². The van der Waals surface area contributed by atoms with E-state index < -0.39 is 6.04 Å². The molecule has 1 fully saturated rings. The summed E-state index contributed by atoms with van der Waals surface area (Å²) in [5.74, 6) is 0.142. The van der Waals surface area contributed by atoms with Crippen molar-refractivity contribution in [1.82, 2.24) is 10.2 Å². The predicted molar refractivity (Wildman–Crippen MR) is 124 cm³/mol. The van der Waals surface area contributed by atoms with Gasteiger partial charge in [0.05, 0.1) is 5.75 Å². The Morgan fingerprint density at radius 1 is 1.10 bits per heavy atom. The molecule has 0 radical (unpaired) electrons. The normalized spacial score (nSPS) is 15.4. The molecule has 2 aromatic rings. The Morgan fingerprint density at radius 3 is 2.53 bits per heavy atom. The quantitative estimate of drug-likeness (QED) is 0.562. The van der Waals surface area contributed by atoms with Gasteiger partial charge in [-0.15, -0.1) is 11.8 Å². The third kappa shape index (κ3) is 6.78. The van der Waals surface area contributed by atoms with Crippen molar-refractivity contribution < 1.29 is 9.59 Å². The molecule has 3 rings (SSSR count). The van der Waals surface area contributed by atoms with E-state index in [4.69, 9.17) is 11.6 Å². The van der Waals surface area contributed by atoms with Crippen molar-refractivity contribution in [3.8, 4) is 0 Å². The smallest absolute Gasteiger partial charge is 0.242 e. The molecule has 1 saturated carbocycles. The molecule has 2 aromatic carbocycles. The number of nitrogens with zero attached hydrogens (tertiary/aromatic N) is 1. The molecule has 6 heteroatoms. The summed E-state index contributed by atoms with van der Waals surface area (Å²) >= 11 is 7.62. The molecule has 160 valence electrons. The number of hydrogen-bond donors (Lipinski definition) is 1. The second kappa shape index (κ2) is 11.4. The van der Waals surface area contributed by atoms with E-state index in [0.29, 0.717) is 11.6 Å². The molecular weight excluding hydrogens is 416 g/mol. The molecule has 2 amide bonds. The second-order valence-electron chi connectivity index (χ2n) is 7.77. The van der Waals surface area contributed by atoms with Crippen LogP contribution in [-0.4, -0.2) is 34.6 Å². The van der Waals surface area contributed by atoms with Gasteiger partial charge in [0.2, 0.25) is 11.8 Å². The molecule has 0 saturated heterocycles. The average molecular weight is 445 g/mol. The second-order valence-corrected chi connectivity index (χ2v) is 9.26. The molecule has 1 aliphatic carbocycles. The zero-order valence-electron chi connectivity index (χ0n) is 17.4. The van der Waals surface area contributed by atoms with E-state index in [1.165, 1.54) is 18.2 Å². The SMILES string of the molecule is CC(C(=O)NC1CCCCC1)N(Cc1cccc(Cl)c1)C(=O)CSc1ccccc1. The molecule has 30 heavy (non-hydrogen) atoms. The standard InChI is InChI=1S/C24H29ClN2O2S/c1-18(24(29)26-21-11-4-2-5-12-21)27(16-19-9-8-10-20(25)15-19)23(28)17-30-22-13-6-3-7-14-22/h3,6-10,13-15,18,21H,2,4-5,11-12,16-17H2,1H3,(H,26,29). The first kappa shape index (κ1) is 22.7. The highest BCUT2D eigenvalue weighted by Crippen LogP contribution is 2.21. The summed E-state index contributed by atoms with van der Waals surface area (Å²) < 4.78 is 0. The lowest BCUT2D eigenvalue weighted by Crippen LogP contribution is -2.50. The fourth-order valence-electron chi connectivity index (χ4n) is 3.73. The number of rotatable bonds is 8. The Balaban J connectivity index is 1.69. The summed E-state index contributed by atoms with van der Waals surface area (Å²) in [4.78, 5) is 28.8. The molecule has 0 spiro atoms. The van der Waals surface area contributed by atoms with Gasteiger partial charge < -0.3 is 10.2 Å².